The molecule has 3 aromatic heterocycles. The summed E-state index contributed by atoms with van der Waals surface area (Å²) in [6, 6.07) is 3.29. The van der Waals surface area contributed by atoms with Crippen LogP contribution in [-0.2, 0) is 6.18 Å². The molecule has 11 heteroatoms. The standard InChI is InChI=1S/C17H14F3N5O3/c18-17(19,20)16-23-14(24-28-16)10-3-4-12(21-6-10)11-2-1-5-25(7-11)15(26)13-8-27-9-22-13/h3-4,6,8-9,11H,1-2,5,7H2/t11-/m1/s1. The van der Waals surface area contributed by atoms with Crippen LogP contribution in [0.2, 0.25) is 0 Å². The van der Waals surface area contributed by atoms with Gasteiger partial charge in [0.15, 0.2) is 12.1 Å². The highest BCUT2D eigenvalue weighted by molar-refractivity contribution is 5.92. The lowest BCUT2D eigenvalue weighted by molar-refractivity contribution is -0.159. The molecular formula is C17H14F3N5O3. The lowest BCUT2D eigenvalue weighted by atomic mass is 9.94. The second-order valence-electron chi connectivity index (χ2n) is 6.36. The Morgan fingerprint density at radius 2 is 2.11 bits per heavy atom. The van der Waals surface area contributed by atoms with E-state index in [2.05, 4.69) is 24.6 Å². The maximum absolute atomic E-state index is 12.6. The molecule has 0 saturated carbocycles. The van der Waals surface area contributed by atoms with Crippen LogP contribution in [0.4, 0.5) is 13.2 Å². The van der Waals surface area contributed by atoms with Gasteiger partial charge in [0.05, 0.1) is 0 Å². The first-order valence-electron chi connectivity index (χ1n) is 8.46. The molecule has 1 aliphatic heterocycles. The topological polar surface area (TPSA) is 98.2 Å². The summed E-state index contributed by atoms with van der Waals surface area (Å²) >= 11 is 0. The van der Waals surface area contributed by atoms with Crippen LogP contribution in [-0.4, -0.2) is 44.0 Å². The van der Waals surface area contributed by atoms with E-state index >= 15 is 0 Å². The van der Waals surface area contributed by atoms with Gasteiger partial charge in [-0.2, -0.15) is 18.2 Å². The summed E-state index contributed by atoms with van der Waals surface area (Å²) in [5.74, 6) is -1.78. The lowest BCUT2D eigenvalue weighted by Crippen LogP contribution is -2.39. The van der Waals surface area contributed by atoms with E-state index < -0.39 is 12.1 Å². The van der Waals surface area contributed by atoms with Crippen molar-refractivity contribution in [2.45, 2.75) is 24.9 Å². The third-order valence-corrected chi connectivity index (χ3v) is 4.49. The second-order valence-corrected chi connectivity index (χ2v) is 6.36. The molecule has 0 aliphatic carbocycles. The van der Waals surface area contributed by atoms with Crippen molar-refractivity contribution < 1.29 is 26.9 Å². The monoisotopic (exact) mass is 393 g/mol. The van der Waals surface area contributed by atoms with Crippen molar-refractivity contribution in [3.05, 3.63) is 48.3 Å². The van der Waals surface area contributed by atoms with Crippen LogP contribution < -0.4 is 0 Å². The van der Waals surface area contributed by atoms with Crippen LogP contribution in [0.25, 0.3) is 11.4 Å². The number of piperidine rings is 1. The predicted molar refractivity (Wildman–Crippen MR) is 86.9 cm³/mol. The summed E-state index contributed by atoms with van der Waals surface area (Å²) in [7, 11) is 0. The number of likely N-dealkylation sites (tertiary alicyclic amines) is 1. The van der Waals surface area contributed by atoms with E-state index in [4.69, 9.17) is 4.42 Å². The Morgan fingerprint density at radius 1 is 1.25 bits per heavy atom. The maximum atomic E-state index is 12.6. The SMILES string of the molecule is O=C(c1cocn1)N1CCC[C@@H](c2ccc(-c3noc(C(F)(F)F)n3)cn2)C1. The third kappa shape index (κ3) is 3.59. The number of pyridine rings is 1. The van der Waals surface area contributed by atoms with E-state index in [1.165, 1.54) is 18.9 Å². The van der Waals surface area contributed by atoms with Gasteiger partial charge in [-0.1, -0.05) is 5.16 Å². The van der Waals surface area contributed by atoms with E-state index in [1.54, 1.807) is 17.0 Å². The van der Waals surface area contributed by atoms with Crippen molar-refractivity contribution in [2.75, 3.05) is 13.1 Å². The first kappa shape index (κ1) is 18.1. The fourth-order valence-electron chi connectivity index (χ4n) is 3.12. The number of hydrogen-bond donors (Lipinski definition) is 0. The number of halogens is 3. The average Bonchev–Trinajstić information content (AvgIpc) is 3.39. The minimum absolute atomic E-state index is 0.00894. The molecule has 0 unspecified atom stereocenters. The number of oxazole rings is 1. The molecule has 1 aliphatic rings. The minimum atomic E-state index is -4.69. The normalized spacial score (nSPS) is 17.7. The summed E-state index contributed by atoms with van der Waals surface area (Å²) in [5.41, 5.74) is 1.30. The first-order valence-corrected chi connectivity index (χ1v) is 8.46. The van der Waals surface area contributed by atoms with Crippen molar-refractivity contribution >= 4 is 5.91 Å². The summed E-state index contributed by atoms with van der Waals surface area (Å²) in [4.78, 5) is 25.7. The van der Waals surface area contributed by atoms with Gasteiger partial charge < -0.3 is 13.8 Å². The fourth-order valence-corrected chi connectivity index (χ4v) is 3.12. The van der Waals surface area contributed by atoms with Crippen LogP contribution in [0.15, 0.2) is 39.9 Å². The molecule has 1 fully saturated rings. The fraction of sp³-hybridized carbons (Fsp3) is 0.353. The van der Waals surface area contributed by atoms with Crippen LogP contribution in [0.1, 0.15) is 40.8 Å². The molecule has 0 aromatic carbocycles. The zero-order valence-corrected chi connectivity index (χ0v) is 14.4. The van der Waals surface area contributed by atoms with Gasteiger partial charge in [0, 0.05) is 36.5 Å². The molecule has 0 radical (unpaired) electrons. The molecule has 0 bridgehead atoms. The molecule has 3 aromatic rings. The number of rotatable bonds is 3. The number of hydrogen-bond acceptors (Lipinski definition) is 7. The third-order valence-electron chi connectivity index (χ3n) is 4.49. The van der Waals surface area contributed by atoms with Gasteiger partial charge in [-0.25, -0.2) is 4.98 Å². The average molecular weight is 393 g/mol. The Hall–Kier alpha value is -3.24. The highest BCUT2D eigenvalue weighted by Crippen LogP contribution is 2.30. The molecule has 4 rings (SSSR count). The Bertz CT molecular complexity index is 953. The highest BCUT2D eigenvalue weighted by Gasteiger charge is 2.38. The molecular weight excluding hydrogens is 379 g/mol. The van der Waals surface area contributed by atoms with Crippen molar-refractivity contribution in [1.82, 2.24) is 25.0 Å². The molecule has 28 heavy (non-hydrogen) atoms. The van der Waals surface area contributed by atoms with E-state index in [0.29, 0.717) is 18.7 Å². The molecule has 0 spiro atoms. The minimum Gasteiger partial charge on any atom is -0.451 e. The molecule has 1 saturated heterocycles. The van der Waals surface area contributed by atoms with Crippen molar-refractivity contribution in [1.29, 1.82) is 0 Å². The van der Waals surface area contributed by atoms with Crippen molar-refractivity contribution in [3.63, 3.8) is 0 Å². The number of amides is 1. The van der Waals surface area contributed by atoms with E-state index in [9.17, 15) is 18.0 Å². The predicted octanol–water partition coefficient (Wildman–Crippen LogP) is 3.16. The van der Waals surface area contributed by atoms with Gasteiger partial charge >= 0.3 is 12.1 Å². The first-order chi connectivity index (χ1) is 13.4. The highest BCUT2D eigenvalue weighted by atomic mass is 19.4. The summed E-state index contributed by atoms with van der Waals surface area (Å²) in [6.45, 7) is 1.09. The molecule has 8 nitrogen and oxygen atoms in total. The molecule has 0 N–H and O–H groups in total. The number of carbonyl (C=O) groups is 1. The number of carbonyl (C=O) groups excluding carboxylic acids is 1. The smallest absolute Gasteiger partial charge is 0.451 e. The summed E-state index contributed by atoms with van der Waals surface area (Å²) in [5, 5.41) is 3.34. The van der Waals surface area contributed by atoms with E-state index in [1.807, 2.05) is 0 Å². The van der Waals surface area contributed by atoms with Crippen molar-refractivity contribution in [3.8, 4) is 11.4 Å². The molecule has 1 atom stereocenters. The Morgan fingerprint density at radius 3 is 2.75 bits per heavy atom. The largest absolute Gasteiger partial charge is 0.471 e. The van der Waals surface area contributed by atoms with Crippen LogP contribution >= 0.6 is 0 Å². The number of nitrogens with zero attached hydrogens (tertiary/aromatic N) is 5. The maximum Gasteiger partial charge on any atom is 0.471 e. The zero-order chi connectivity index (χ0) is 19.7. The second kappa shape index (κ2) is 7.06. The van der Waals surface area contributed by atoms with Crippen LogP contribution in [0, 0.1) is 0 Å². The van der Waals surface area contributed by atoms with Gasteiger partial charge in [0.25, 0.3) is 5.91 Å². The Kier molecular flexibility index (Phi) is 4.57. The zero-order valence-electron chi connectivity index (χ0n) is 14.4. The Balaban J connectivity index is 1.47. The van der Waals surface area contributed by atoms with Gasteiger partial charge in [-0.05, 0) is 25.0 Å². The lowest BCUT2D eigenvalue weighted by Gasteiger charge is -2.32. The number of alkyl halides is 3. The Labute approximate surface area is 156 Å². The van der Waals surface area contributed by atoms with Crippen LogP contribution in [0.3, 0.4) is 0 Å². The summed E-state index contributed by atoms with van der Waals surface area (Å²) in [6.07, 6.45) is 0.863. The van der Waals surface area contributed by atoms with Crippen molar-refractivity contribution in [2.24, 2.45) is 0 Å². The van der Waals surface area contributed by atoms with Gasteiger partial charge in [0.2, 0.25) is 5.82 Å². The molecule has 1 amide bonds. The summed E-state index contributed by atoms with van der Waals surface area (Å²) < 4.78 is 46.8. The van der Waals surface area contributed by atoms with Gasteiger partial charge in [-0.15, -0.1) is 0 Å². The van der Waals surface area contributed by atoms with E-state index in [-0.39, 0.29) is 23.3 Å². The number of aromatic nitrogens is 4. The van der Waals surface area contributed by atoms with Crippen LogP contribution in [0.5, 0.6) is 0 Å². The quantitative estimate of drug-likeness (QED) is 0.674. The molecule has 4 heterocycles. The van der Waals surface area contributed by atoms with Gasteiger partial charge in [-0.3, -0.25) is 9.78 Å². The molecule has 146 valence electrons. The van der Waals surface area contributed by atoms with E-state index in [0.717, 1.165) is 18.5 Å². The van der Waals surface area contributed by atoms with Gasteiger partial charge in [0.1, 0.15) is 6.26 Å².